The van der Waals surface area contributed by atoms with Crippen LogP contribution >= 0.6 is 0 Å². The highest BCUT2D eigenvalue weighted by molar-refractivity contribution is 4.97. The molecule has 0 spiro atoms. The van der Waals surface area contributed by atoms with E-state index >= 15 is 0 Å². The van der Waals surface area contributed by atoms with Crippen LogP contribution in [-0.2, 0) is 4.74 Å². The number of hydrogen-bond donors (Lipinski definition) is 1. The SMILES string of the molecule is CC(C)C1(CNCC2CCOCC2)CC1. The van der Waals surface area contributed by atoms with E-state index in [1.54, 1.807) is 0 Å². The van der Waals surface area contributed by atoms with Crippen molar-refractivity contribution in [2.75, 3.05) is 26.3 Å². The molecule has 1 saturated carbocycles. The van der Waals surface area contributed by atoms with Crippen LogP contribution in [0.25, 0.3) is 0 Å². The summed E-state index contributed by atoms with van der Waals surface area (Å²) in [4.78, 5) is 0. The standard InChI is InChI=1S/C13H25NO/c1-11(2)13(5-6-13)10-14-9-12-3-7-15-8-4-12/h11-12,14H,3-10H2,1-2H3. The van der Waals surface area contributed by atoms with Gasteiger partial charge in [-0.3, -0.25) is 0 Å². The second-order valence-corrected chi connectivity index (χ2v) is 5.70. The molecule has 0 atom stereocenters. The molecular formula is C13H25NO. The van der Waals surface area contributed by atoms with Crippen LogP contribution in [0.3, 0.4) is 0 Å². The highest BCUT2D eigenvalue weighted by atomic mass is 16.5. The van der Waals surface area contributed by atoms with Crippen LogP contribution in [0.1, 0.15) is 39.5 Å². The molecule has 1 aliphatic heterocycles. The molecule has 2 heteroatoms. The highest BCUT2D eigenvalue weighted by Gasteiger charge is 2.44. The van der Waals surface area contributed by atoms with Crippen LogP contribution in [0.2, 0.25) is 0 Å². The van der Waals surface area contributed by atoms with E-state index in [2.05, 4.69) is 19.2 Å². The molecule has 2 rings (SSSR count). The summed E-state index contributed by atoms with van der Waals surface area (Å²) in [6.45, 7) is 9.12. The molecular weight excluding hydrogens is 186 g/mol. The normalized spacial score (nSPS) is 25.8. The first kappa shape index (κ1) is 11.4. The van der Waals surface area contributed by atoms with E-state index < -0.39 is 0 Å². The van der Waals surface area contributed by atoms with Crippen molar-refractivity contribution in [2.45, 2.75) is 39.5 Å². The molecule has 0 amide bonds. The third-order valence-electron chi connectivity index (χ3n) is 4.37. The molecule has 15 heavy (non-hydrogen) atoms. The Morgan fingerprint density at radius 2 is 1.93 bits per heavy atom. The number of rotatable bonds is 5. The van der Waals surface area contributed by atoms with Crippen LogP contribution in [0, 0.1) is 17.3 Å². The minimum atomic E-state index is 0.658. The lowest BCUT2D eigenvalue weighted by Crippen LogP contribution is -2.33. The van der Waals surface area contributed by atoms with Gasteiger partial charge in [-0.05, 0) is 49.5 Å². The van der Waals surface area contributed by atoms with Crippen molar-refractivity contribution < 1.29 is 4.74 Å². The van der Waals surface area contributed by atoms with Gasteiger partial charge >= 0.3 is 0 Å². The quantitative estimate of drug-likeness (QED) is 0.754. The topological polar surface area (TPSA) is 21.3 Å². The fourth-order valence-electron chi connectivity index (χ4n) is 2.59. The zero-order chi connectivity index (χ0) is 10.7. The van der Waals surface area contributed by atoms with E-state index in [9.17, 15) is 0 Å². The molecule has 1 aliphatic carbocycles. The van der Waals surface area contributed by atoms with E-state index in [0.717, 1.165) is 25.0 Å². The molecule has 2 fully saturated rings. The average Bonchev–Trinajstić information content (AvgIpc) is 3.01. The molecule has 1 heterocycles. The smallest absolute Gasteiger partial charge is 0.0469 e. The van der Waals surface area contributed by atoms with Crippen molar-refractivity contribution in [2.24, 2.45) is 17.3 Å². The second-order valence-electron chi connectivity index (χ2n) is 5.70. The third kappa shape index (κ3) is 2.94. The highest BCUT2D eigenvalue weighted by Crippen LogP contribution is 2.51. The predicted octanol–water partition coefficient (Wildman–Crippen LogP) is 2.44. The predicted molar refractivity (Wildman–Crippen MR) is 62.9 cm³/mol. The Labute approximate surface area is 93.8 Å². The fourth-order valence-corrected chi connectivity index (χ4v) is 2.59. The van der Waals surface area contributed by atoms with E-state index in [4.69, 9.17) is 4.74 Å². The maximum atomic E-state index is 5.37. The first-order valence-electron chi connectivity index (χ1n) is 6.51. The van der Waals surface area contributed by atoms with Gasteiger partial charge in [-0.2, -0.15) is 0 Å². The Balaban J connectivity index is 1.62. The van der Waals surface area contributed by atoms with Gasteiger partial charge in [0.15, 0.2) is 0 Å². The fraction of sp³-hybridized carbons (Fsp3) is 1.00. The molecule has 1 N–H and O–H groups in total. The lowest BCUT2D eigenvalue weighted by molar-refractivity contribution is 0.0657. The van der Waals surface area contributed by atoms with Crippen LogP contribution in [-0.4, -0.2) is 26.3 Å². The van der Waals surface area contributed by atoms with Gasteiger partial charge in [-0.25, -0.2) is 0 Å². The van der Waals surface area contributed by atoms with Gasteiger partial charge in [0.1, 0.15) is 0 Å². The Morgan fingerprint density at radius 1 is 1.27 bits per heavy atom. The van der Waals surface area contributed by atoms with Gasteiger partial charge in [0, 0.05) is 19.8 Å². The van der Waals surface area contributed by atoms with Gasteiger partial charge in [0.25, 0.3) is 0 Å². The van der Waals surface area contributed by atoms with Crippen molar-refractivity contribution in [1.82, 2.24) is 5.32 Å². The molecule has 1 saturated heterocycles. The lowest BCUT2D eigenvalue weighted by Gasteiger charge is -2.25. The summed E-state index contributed by atoms with van der Waals surface area (Å²) in [7, 11) is 0. The monoisotopic (exact) mass is 211 g/mol. The summed E-state index contributed by atoms with van der Waals surface area (Å²) in [5, 5.41) is 3.68. The zero-order valence-electron chi connectivity index (χ0n) is 10.2. The van der Waals surface area contributed by atoms with Crippen LogP contribution < -0.4 is 5.32 Å². The Kier molecular flexibility index (Phi) is 3.68. The minimum absolute atomic E-state index is 0.658. The summed E-state index contributed by atoms with van der Waals surface area (Å²) in [6, 6.07) is 0. The van der Waals surface area contributed by atoms with E-state index in [-0.39, 0.29) is 0 Å². The van der Waals surface area contributed by atoms with Gasteiger partial charge in [0.2, 0.25) is 0 Å². The van der Waals surface area contributed by atoms with E-state index in [0.29, 0.717) is 5.41 Å². The summed E-state index contributed by atoms with van der Waals surface area (Å²) in [5.74, 6) is 1.71. The summed E-state index contributed by atoms with van der Waals surface area (Å²) < 4.78 is 5.37. The molecule has 0 radical (unpaired) electrons. The summed E-state index contributed by atoms with van der Waals surface area (Å²) in [6.07, 6.45) is 5.38. The van der Waals surface area contributed by atoms with Crippen molar-refractivity contribution in [1.29, 1.82) is 0 Å². The van der Waals surface area contributed by atoms with Crippen LogP contribution in [0.5, 0.6) is 0 Å². The van der Waals surface area contributed by atoms with Crippen LogP contribution in [0.15, 0.2) is 0 Å². The van der Waals surface area contributed by atoms with Gasteiger partial charge in [0.05, 0.1) is 0 Å². The van der Waals surface area contributed by atoms with Gasteiger partial charge < -0.3 is 10.1 Å². The third-order valence-corrected chi connectivity index (χ3v) is 4.37. The number of nitrogens with one attached hydrogen (secondary N) is 1. The molecule has 88 valence electrons. The Hall–Kier alpha value is -0.0800. The zero-order valence-corrected chi connectivity index (χ0v) is 10.2. The second kappa shape index (κ2) is 4.84. The van der Waals surface area contributed by atoms with Crippen molar-refractivity contribution >= 4 is 0 Å². The molecule has 0 unspecified atom stereocenters. The molecule has 2 aliphatic rings. The first-order valence-corrected chi connectivity index (χ1v) is 6.51. The maximum absolute atomic E-state index is 5.37. The van der Waals surface area contributed by atoms with Crippen LogP contribution in [0.4, 0.5) is 0 Å². The minimum Gasteiger partial charge on any atom is -0.381 e. The molecule has 0 bridgehead atoms. The van der Waals surface area contributed by atoms with Crippen molar-refractivity contribution in [3.8, 4) is 0 Å². The molecule has 0 aromatic carbocycles. The molecule has 0 aromatic heterocycles. The van der Waals surface area contributed by atoms with E-state index in [1.807, 2.05) is 0 Å². The molecule has 2 nitrogen and oxygen atoms in total. The first-order chi connectivity index (χ1) is 7.23. The average molecular weight is 211 g/mol. The van der Waals surface area contributed by atoms with E-state index in [1.165, 1.54) is 38.8 Å². The number of hydrogen-bond acceptors (Lipinski definition) is 2. The number of ether oxygens (including phenoxy) is 1. The summed E-state index contributed by atoms with van der Waals surface area (Å²) >= 11 is 0. The Morgan fingerprint density at radius 3 is 2.47 bits per heavy atom. The maximum Gasteiger partial charge on any atom is 0.0469 e. The molecule has 0 aromatic rings. The lowest BCUT2D eigenvalue weighted by atomic mass is 9.92. The van der Waals surface area contributed by atoms with Crippen molar-refractivity contribution in [3.05, 3.63) is 0 Å². The largest absolute Gasteiger partial charge is 0.381 e. The Bertz CT molecular complexity index is 193. The van der Waals surface area contributed by atoms with Crippen molar-refractivity contribution in [3.63, 3.8) is 0 Å². The van der Waals surface area contributed by atoms with Gasteiger partial charge in [-0.15, -0.1) is 0 Å². The van der Waals surface area contributed by atoms with Gasteiger partial charge in [-0.1, -0.05) is 13.8 Å². The summed E-state index contributed by atoms with van der Waals surface area (Å²) in [5.41, 5.74) is 0.658.